The summed E-state index contributed by atoms with van der Waals surface area (Å²) in [5.74, 6) is -0.0898. The van der Waals surface area contributed by atoms with Crippen LogP contribution >= 0.6 is 0 Å². The summed E-state index contributed by atoms with van der Waals surface area (Å²) in [4.78, 5) is 49.5. The lowest BCUT2D eigenvalue weighted by Gasteiger charge is -2.20. The molecule has 1 aromatic rings. The molecule has 1 saturated carbocycles. The van der Waals surface area contributed by atoms with Gasteiger partial charge in [-0.25, -0.2) is 4.79 Å². The Labute approximate surface area is 161 Å². The Kier molecular flexibility index (Phi) is 4.66. The van der Waals surface area contributed by atoms with Gasteiger partial charge in [0.05, 0.1) is 5.69 Å². The van der Waals surface area contributed by atoms with E-state index in [0.29, 0.717) is 36.4 Å². The van der Waals surface area contributed by atoms with Crippen molar-refractivity contribution in [3.63, 3.8) is 0 Å². The monoisotopic (exact) mass is 386 g/mol. The fraction of sp³-hybridized carbons (Fsp3) is 0.474. The molecule has 2 aliphatic heterocycles. The molecular formula is C19H22N4O5. The minimum Gasteiger partial charge on any atom is -0.482 e. The van der Waals surface area contributed by atoms with Crippen molar-refractivity contribution in [3.05, 3.63) is 18.2 Å². The third kappa shape index (κ3) is 3.39. The van der Waals surface area contributed by atoms with Crippen LogP contribution in [0.2, 0.25) is 0 Å². The fourth-order valence-electron chi connectivity index (χ4n) is 3.98. The van der Waals surface area contributed by atoms with E-state index < -0.39 is 5.54 Å². The number of hydrogen-bond donors (Lipinski definition) is 3. The predicted molar refractivity (Wildman–Crippen MR) is 99.9 cm³/mol. The van der Waals surface area contributed by atoms with Gasteiger partial charge in [-0.1, -0.05) is 12.8 Å². The Hall–Kier alpha value is -3.10. The summed E-state index contributed by atoms with van der Waals surface area (Å²) in [6, 6.07) is 4.64. The number of ether oxygens (including phenoxy) is 1. The molecule has 148 valence electrons. The highest BCUT2D eigenvalue weighted by Gasteiger charge is 2.52. The molecule has 1 aromatic carbocycles. The van der Waals surface area contributed by atoms with Crippen molar-refractivity contribution in [1.82, 2.24) is 10.2 Å². The van der Waals surface area contributed by atoms with E-state index in [9.17, 15) is 19.2 Å². The predicted octanol–water partition coefficient (Wildman–Crippen LogP) is 1.60. The van der Waals surface area contributed by atoms with Gasteiger partial charge in [-0.05, 0) is 37.5 Å². The largest absolute Gasteiger partial charge is 0.482 e. The number of imide groups is 1. The van der Waals surface area contributed by atoms with Crippen LogP contribution in [0, 0.1) is 0 Å². The number of rotatable bonds is 5. The Morgan fingerprint density at radius 1 is 1.21 bits per heavy atom. The first kappa shape index (κ1) is 18.3. The van der Waals surface area contributed by atoms with Gasteiger partial charge < -0.3 is 20.7 Å². The van der Waals surface area contributed by atoms with Gasteiger partial charge in [0, 0.05) is 18.7 Å². The summed E-state index contributed by atoms with van der Waals surface area (Å²) < 4.78 is 5.28. The summed E-state index contributed by atoms with van der Waals surface area (Å²) in [6.07, 6.45) is 3.80. The highest BCUT2D eigenvalue weighted by Crippen LogP contribution is 2.35. The number of nitrogens with zero attached hydrogens (tertiary/aromatic N) is 1. The van der Waals surface area contributed by atoms with Gasteiger partial charge >= 0.3 is 6.03 Å². The Morgan fingerprint density at radius 2 is 2.00 bits per heavy atom. The van der Waals surface area contributed by atoms with Crippen LogP contribution in [0.4, 0.5) is 16.2 Å². The summed E-state index contributed by atoms with van der Waals surface area (Å²) in [5.41, 5.74) is 0.333. The molecule has 1 aliphatic carbocycles. The molecule has 5 amide bonds. The van der Waals surface area contributed by atoms with Gasteiger partial charge in [0.25, 0.3) is 11.8 Å². The van der Waals surface area contributed by atoms with Gasteiger partial charge in [-0.15, -0.1) is 0 Å². The fourth-order valence-corrected chi connectivity index (χ4v) is 3.98. The second-order valence-corrected chi connectivity index (χ2v) is 7.38. The molecule has 28 heavy (non-hydrogen) atoms. The minimum absolute atomic E-state index is 0.0250. The van der Waals surface area contributed by atoms with E-state index in [-0.39, 0.29) is 43.3 Å². The number of nitrogens with one attached hydrogen (secondary N) is 3. The topological polar surface area (TPSA) is 117 Å². The Morgan fingerprint density at radius 3 is 2.79 bits per heavy atom. The Bertz CT molecular complexity index is 847. The lowest BCUT2D eigenvalue weighted by Crippen LogP contribution is -2.44. The molecule has 9 heteroatoms. The second-order valence-electron chi connectivity index (χ2n) is 7.38. The average molecular weight is 386 g/mol. The van der Waals surface area contributed by atoms with E-state index in [0.717, 1.165) is 12.8 Å². The third-order valence-corrected chi connectivity index (χ3v) is 5.38. The molecule has 2 fully saturated rings. The molecule has 0 bridgehead atoms. The molecule has 0 radical (unpaired) electrons. The highest BCUT2D eigenvalue weighted by molar-refractivity contribution is 6.07. The van der Waals surface area contributed by atoms with Crippen LogP contribution < -0.4 is 20.7 Å². The van der Waals surface area contributed by atoms with Gasteiger partial charge in [0.2, 0.25) is 5.91 Å². The summed E-state index contributed by atoms with van der Waals surface area (Å²) in [6.45, 7) is 0.191. The van der Waals surface area contributed by atoms with Crippen molar-refractivity contribution >= 4 is 35.1 Å². The molecule has 0 aromatic heterocycles. The highest BCUT2D eigenvalue weighted by atomic mass is 16.5. The first-order valence-corrected chi connectivity index (χ1v) is 9.47. The molecule has 0 unspecified atom stereocenters. The van der Waals surface area contributed by atoms with E-state index in [1.165, 1.54) is 4.90 Å². The van der Waals surface area contributed by atoms with Crippen LogP contribution in [0.15, 0.2) is 18.2 Å². The normalized spacial score (nSPS) is 19.9. The van der Waals surface area contributed by atoms with Gasteiger partial charge in [-0.2, -0.15) is 0 Å². The summed E-state index contributed by atoms with van der Waals surface area (Å²) >= 11 is 0. The number of anilines is 2. The van der Waals surface area contributed by atoms with E-state index in [1.54, 1.807) is 18.2 Å². The zero-order valence-corrected chi connectivity index (χ0v) is 15.4. The molecule has 0 atom stereocenters. The minimum atomic E-state index is -0.713. The zero-order valence-electron chi connectivity index (χ0n) is 15.4. The first-order chi connectivity index (χ1) is 13.5. The maximum atomic E-state index is 12.6. The quantitative estimate of drug-likeness (QED) is 0.665. The molecule has 3 N–H and O–H groups in total. The number of urea groups is 1. The van der Waals surface area contributed by atoms with Crippen molar-refractivity contribution < 1.29 is 23.9 Å². The number of amides is 5. The van der Waals surface area contributed by atoms with Crippen molar-refractivity contribution in [2.75, 3.05) is 23.8 Å². The number of hydrogen-bond acceptors (Lipinski definition) is 5. The number of fused-ring (bicyclic) bond motifs is 1. The van der Waals surface area contributed by atoms with Crippen molar-refractivity contribution in [2.24, 2.45) is 0 Å². The third-order valence-electron chi connectivity index (χ3n) is 5.38. The lowest BCUT2D eigenvalue weighted by atomic mass is 9.98. The maximum absolute atomic E-state index is 12.6. The number of carbonyl (C=O) groups is 4. The first-order valence-electron chi connectivity index (χ1n) is 9.47. The van der Waals surface area contributed by atoms with Crippen molar-refractivity contribution in [3.8, 4) is 5.75 Å². The van der Waals surface area contributed by atoms with Crippen LogP contribution in [0.25, 0.3) is 0 Å². The lowest BCUT2D eigenvalue weighted by molar-refractivity contribution is -0.131. The van der Waals surface area contributed by atoms with E-state index in [2.05, 4.69) is 16.0 Å². The number of benzene rings is 1. The molecule has 2 heterocycles. The summed E-state index contributed by atoms with van der Waals surface area (Å²) in [7, 11) is 0. The smallest absolute Gasteiger partial charge is 0.325 e. The van der Waals surface area contributed by atoms with E-state index >= 15 is 0 Å². The van der Waals surface area contributed by atoms with Crippen molar-refractivity contribution in [2.45, 2.75) is 44.1 Å². The number of carbonyl (C=O) groups excluding carboxylic acids is 4. The van der Waals surface area contributed by atoms with E-state index in [4.69, 9.17) is 4.74 Å². The van der Waals surface area contributed by atoms with Gasteiger partial charge in [0.1, 0.15) is 11.3 Å². The van der Waals surface area contributed by atoms with E-state index in [1.807, 2.05) is 0 Å². The molecule has 1 saturated heterocycles. The van der Waals surface area contributed by atoms with Crippen LogP contribution in [-0.2, 0) is 14.4 Å². The zero-order chi connectivity index (χ0) is 19.7. The molecule has 3 aliphatic rings. The second kappa shape index (κ2) is 7.14. The summed E-state index contributed by atoms with van der Waals surface area (Å²) in [5, 5.41) is 8.27. The van der Waals surface area contributed by atoms with Crippen LogP contribution in [0.1, 0.15) is 38.5 Å². The van der Waals surface area contributed by atoms with Crippen LogP contribution in [0.3, 0.4) is 0 Å². The van der Waals surface area contributed by atoms with Gasteiger partial charge in [-0.3, -0.25) is 19.3 Å². The average Bonchev–Trinajstić information content (AvgIpc) is 3.22. The SMILES string of the molecule is O=C(CCCN1C(=O)NC2(CCCC2)C1=O)Nc1ccc2c(c1)NC(=O)CO2. The molecule has 1 spiro atoms. The van der Waals surface area contributed by atoms with Gasteiger partial charge in [0.15, 0.2) is 6.61 Å². The molecular weight excluding hydrogens is 364 g/mol. The Balaban J connectivity index is 1.28. The van der Waals surface area contributed by atoms with Crippen molar-refractivity contribution in [1.29, 1.82) is 0 Å². The molecule has 9 nitrogen and oxygen atoms in total. The molecule has 4 rings (SSSR count). The maximum Gasteiger partial charge on any atom is 0.325 e. The standard InChI is InChI=1S/C19H22N4O5/c24-15(20-12-5-6-14-13(10-12)21-16(25)11-28-14)4-3-9-23-17(26)19(22-18(23)27)7-1-2-8-19/h5-6,10H,1-4,7-9,11H2,(H,20,24)(H,21,25)(H,22,27). The van der Waals surface area contributed by atoms with Crippen LogP contribution in [0.5, 0.6) is 5.75 Å². The van der Waals surface area contributed by atoms with Crippen LogP contribution in [-0.4, -0.2) is 47.3 Å².